The van der Waals surface area contributed by atoms with Crippen molar-refractivity contribution in [3.63, 3.8) is 0 Å². The van der Waals surface area contributed by atoms with Gasteiger partial charge in [-0.25, -0.2) is 4.98 Å². The van der Waals surface area contributed by atoms with Crippen molar-refractivity contribution in [2.24, 2.45) is 0 Å². The van der Waals surface area contributed by atoms with Gasteiger partial charge in [0.2, 0.25) is 0 Å². The molecule has 1 amide bonds. The molecule has 2 aromatic heterocycles. The predicted molar refractivity (Wildman–Crippen MR) is 88.0 cm³/mol. The Labute approximate surface area is 137 Å². The number of hydrogen-bond donors (Lipinski definition) is 1. The molecule has 3 aromatic rings. The summed E-state index contributed by atoms with van der Waals surface area (Å²) >= 11 is 1.35. The predicted octanol–water partition coefficient (Wildman–Crippen LogP) is 3.17. The van der Waals surface area contributed by atoms with Gasteiger partial charge >= 0.3 is 0 Å². The minimum atomic E-state index is -0.262. The number of carbonyl (C=O) groups excluding carboxylic acids is 1. The van der Waals surface area contributed by atoms with Gasteiger partial charge in [-0.15, -0.1) is 11.3 Å². The van der Waals surface area contributed by atoms with Crippen LogP contribution in [0.25, 0.3) is 11.3 Å². The van der Waals surface area contributed by atoms with Gasteiger partial charge in [0.15, 0.2) is 5.13 Å². The van der Waals surface area contributed by atoms with Crippen LogP contribution in [0.4, 0.5) is 5.13 Å². The van der Waals surface area contributed by atoms with Crippen molar-refractivity contribution in [2.45, 2.75) is 13.0 Å². The standard InChI is InChI=1S/C16H13N5OS/c17-7-4-9-21-11-13(15(22)19-16-18-8-10-23-16)14(20-21)12-5-2-1-3-6-12/h1-3,5-6,8,10-11H,4,9H2,(H,18,19,22). The van der Waals surface area contributed by atoms with E-state index in [4.69, 9.17) is 5.26 Å². The van der Waals surface area contributed by atoms with Crippen LogP contribution in [0.2, 0.25) is 0 Å². The molecule has 0 atom stereocenters. The topological polar surface area (TPSA) is 83.6 Å². The summed E-state index contributed by atoms with van der Waals surface area (Å²) in [5, 5.41) is 18.3. The lowest BCUT2D eigenvalue weighted by atomic mass is 10.1. The summed E-state index contributed by atoms with van der Waals surface area (Å²) in [4.78, 5) is 16.6. The van der Waals surface area contributed by atoms with Crippen LogP contribution >= 0.6 is 11.3 Å². The molecule has 23 heavy (non-hydrogen) atoms. The lowest BCUT2D eigenvalue weighted by molar-refractivity contribution is 0.102. The third-order valence-corrected chi connectivity index (χ3v) is 3.85. The molecule has 1 N–H and O–H groups in total. The molecule has 0 aliphatic rings. The van der Waals surface area contributed by atoms with E-state index >= 15 is 0 Å². The number of aryl methyl sites for hydroxylation is 1. The third-order valence-electron chi connectivity index (χ3n) is 3.16. The highest BCUT2D eigenvalue weighted by Gasteiger charge is 2.18. The van der Waals surface area contributed by atoms with Crippen LogP contribution in [-0.4, -0.2) is 20.7 Å². The second-order valence-corrected chi connectivity index (χ2v) is 5.61. The molecule has 0 unspecified atom stereocenters. The number of carbonyl (C=O) groups is 1. The van der Waals surface area contributed by atoms with E-state index in [-0.39, 0.29) is 5.91 Å². The number of aromatic nitrogens is 3. The monoisotopic (exact) mass is 323 g/mol. The second kappa shape index (κ2) is 6.85. The molecular weight excluding hydrogens is 310 g/mol. The van der Waals surface area contributed by atoms with Crippen molar-refractivity contribution in [1.82, 2.24) is 14.8 Å². The molecule has 0 aliphatic carbocycles. The minimum Gasteiger partial charge on any atom is -0.298 e. The second-order valence-electron chi connectivity index (χ2n) is 4.72. The lowest BCUT2D eigenvalue weighted by Gasteiger charge is -2.02. The number of nitrogens with zero attached hydrogens (tertiary/aromatic N) is 4. The first kappa shape index (κ1) is 14.9. The van der Waals surface area contributed by atoms with Gasteiger partial charge in [0.1, 0.15) is 5.69 Å². The first-order valence-corrected chi connectivity index (χ1v) is 7.86. The van der Waals surface area contributed by atoms with E-state index in [1.165, 1.54) is 11.3 Å². The molecule has 0 spiro atoms. The summed E-state index contributed by atoms with van der Waals surface area (Å²) in [5.41, 5.74) is 1.91. The molecule has 0 radical (unpaired) electrons. The molecule has 2 heterocycles. The SMILES string of the molecule is N#CCCn1cc(C(=O)Nc2nccs2)c(-c2ccccc2)n1. The zero-order chi connectivity index (χ0) is 16.1. The number of anilines is 1. The van der Waals surface area contributed by atoms with Crippen molar-refractivity contribution >= 4 is 22.4 Å². The Morgan fingerprint density at radius 2 is 2.17 bits per heavy atom. The third kappa shape index (κ3) is 3.44. The molecule has 0 saturated heterocycles. The normalized spacial score (nSPS) is 10.2. The molecule has 0 bridgehead atoms. The summed E-state index contributed by atoms with van der Waals surface area (Å²) in [6, 6.07) is 11.6. The average molecular weight is 323 g/mol. The summed E-state index contributed by atoms with van der Waals surface area (Å²) in [5.74, 6) is -0.262. The maximum atomic E-state index is 12.5. The van der Waals surface area contributed by atoms with Crippen LogP contribution in [-0.2, 0) is 6.54 Å². The van der Waals surface area contributed by atoms with Crippen LogP contribution in [0.1, 0.15) is 16.8 Å². The van der Waals surface area contributed by atoms with Gasteiger partial charge in [0.25, 0.3) is 5.91 Å². The average Bonchev–Trinajstić information content (AvgIpc) is 3.23. The smallest absolute Gasteiger partial charge is 0.261 e. The minimum absolute atomic E-state index is 0.262. The fourth-order valence-corrected chi connectivity index (χ4v) is 2.65. The summed E-state index contributed by atoms with van der Waals surface area (Å²) in [6.45, 7) is 0.445. The molecule has 0 saturated carbocycles. The fourth-order valence-electron chi connectivity index (χ4n) is 2.13. The number of amides is 1. The van der Waals surface area contributed by atoms with Crippen molar-refractivity contribution in [3.8, 4) is 17.3 Å². The number of rotatable bonds is 5. The fraction of sp³-hybridized carbons (Fsp3) is 0.125. The van der Waals surface area contributed by atoms with Gasteiger partial charge in [-0.1, -0.05) is 30.3 Å². The van der Waals surface area contributed by atoms with Crippen molar-refractivity contribution < 1.29 is 4.79 Å². The Balaban J connectivity index is 1.95. The molecule has 7 heteroatoms. The molecule has 3 rings (SSSR count). The molecule has 1 aromatic carbocycles. The lowest BCUT2D eigenvalue weighted by Crippen LogP contribution is -2.12. The molecule has 114 valence electrons. The van der Waals surface area contributed by atoms with E-state index in [1.54, 1.807) is 22.5 Å². The zero-order valence-corrected chi connectivity index (χ0v) is 13.0. The number of thiazole rings is 1. The quantitative estimate of drug-likeness (QED) is 0.781. The van der Waals surface area contributed by atoms with Gasteiger partial charge < -0.3 is 0 Å². The Morgan fingerprint density at radius 3 is 2.87 bits per heavy atom. The first-order chi connectivity index (χ1) is 11.3. The van der Waals surface area contributed by atoms with E-state index in [1.807, 2.05) is 30.3 Å². The Hall–Kier alpha value is -2.98. The number of nitrogens with one attached hydrogen (secondary N) is 1. The van der Waals surface area contributed by atoms with Gasteiger partial charge in [0, 0.05) is 23.3 Å². The van der Waals surface area contributed by atoms with Crippen LogP contribution in [0.3, 0.4) is 0 Å². The van der Waals surface area contributed by atoms with Crippen LogP contribution < -0.4 is 5.32 Å². The van der Waals surface area contributed by atoms with E-state index in [0.717, 1.165) is 5.56 Å². The maximum absolute atomic E-state index is 12.5. The van der Waals surface area contributed by atoms with Gasteiger partial charge in [-0.05, 0) is 0 Å². The molecule has 0 aliphatic heterocycles. The van der Waals surface area contributed by atoms with Crippen LogP contribution in [0, 0.1) is 11.3 Å². The molecular formula is C16H13N5OS. The highest BCUT2D eigenvalue weighted by Crippen LogP contribution is 2.23. The number of hydrogen-bond acceptors (Lipinski definition) is 5. The van der Waals surface area contributed by atoms with Crippen molar-refractivity contribution in [3.05, 3.63) is 53.7 Å². The van der Waals surface area contributed by atoms with E-state index in [2.05, 4.69) is 21.5 Å². The number of benzene rings is 1. The Kier molecular flexibility index (Phi) is 4.45. The highest BCUT2D eigenvalue weighted by molar-refractivity contribution is 7.13. The summed E-state index contributed by atoms with van der Waals surface area (Å²) in [7, 11) is 0. The Morgan fingerprint density at radius 1 is 1.35 bits per heavy atom. The van der Waals surface area contributed by atoms with Gasteiger partial charge in [0.05, 0.1) is 24.6 Å². The largest absolute Gasteiger partial charge is 0.298 e. The summed E-state index contributed by atoms with van der Waals surface area (Å²) < 4.78 is 1.63. The van der Waals surface area contributed by atoms with E-state index in [9.17, 15) is 4.79 Å². The van der Waals surface area contributed by atoms with Crippen LogP contribution in [0.15, 0.2) is 48.1 Å². The maximum Gasteiger partial charge on any atom is 0.261 e. The number of nitriles is 1. The first-order valence-electron chi connectivity index (χ1n) is 6.98. The van der Waals surface area contributed by atoms with Crippen molar-refractivity contribution in [2.75, 3.05) is 5.32 Å². The van der Waals surface area contributed by atoms with E-state index in [0.29, 0.717) is 29.4 Å². The van der Waals surface area contributed by atoms with Crippen molar-refractivity contribution in [1.29, 1.82) is 5.26 Å². The molecule has 0 fully saturated rings. The highest BCUT2D eigenvalue weighted by atomic mass is 32.1. The zero-order valence-electron chi connectivity index (χ0n) is 12.1. The van der Waals surface area contributed by atoms with E-state index < -0.39 is 0 Å². The van der Waals surface area contributed by atoms with Gasteiger partial charge in [-0.2, -0.15) is 10.4 Å². The Bertz CT molecular complexity index is 833. The van der Waals surface area contributed by atoms with Crippen LogP contribution in [0.5, 0.6) is 0 Å². The molecule has 6 nitrogen and oxygen atoms in total. The van der Waals surface area contributed by atoms with Gasteiger partial charge in [-0.3, -0.25) is 14.8 Å². The summed E-state index contributed by atoms with van der Waals surface area (Å²) in [6.07, 6.45) is 3.64.